The lowest BCUT2D eigenvalue weighted by Crippen LogP contribution is -2.12. The second kappa shape index (κ2) is 6.37. The lowest BCUT2D eigenvalue weighted by molar-refractivity contribution is 0.102. The first-order chi connectivity index (χ1) is 10.0. The Bertz CT molecular complexity index is 674. The lowest BCUT2D eigenvalue weighted by atomic mass is 10.1. The van der Waals surface area contributed by atoms with E-state index in [4.69, 9.17) is 26.8 Å². The third-order valence-electron chi connectivity index (χ3n) is 2.84. The normalized spacial score (nSPS) is 10.0. The summed E-state index contributed by atoms with van der Waals surface area (Å²) in [5.41, 5.74) is 7.15. The Balaban J connectivity index is 2.21. The molecule has 0 aliphatic carbocycles. The van der Waals surface area contributed by atoms with E-state index in [0.29, 0.717) is 33.5 Å². The van der Waals surface area contributed by atoms with E-state index >= 15 is 0 Å². The molecule has 0 saturated heterocycles. The summed E-state index contributed by atoms with van der Waals surface area (Å²) < 4.78 is 10.1. The number of ether oxygens (including phenoxy) is 2. The molecule has 0 spiro atoms. The quantitative estimate of drug-likeness (QED) is 0.851. The summed E-state index contributed by atoms with van der Waals surface area (Å²) in [6.45, 7) is 0. The topological polar surface area (TPSA) is 73.6 Å². The third-order valence-corrected chi connectivity index (χ3v) is 3.13. The van der Waals surface area contributed by atoms with E-state index in [9.17, 15) is 4.79 Å². The van der Waals surface area contributed by atoms with Gasteiger partial charge < -0.3 is 20.5 Å². The standard InChI is InChI=1S/C15H15ClN2O3/c1-20-12-6-9(5-10(17)7-12)15(19)18-11-3-4-14(21-2)13(16)8-11/h3-8H,17H2,1-2H3,(H,18,19). The third kappa shape index (κ3) is 3.58. The average molecular weight is 307 g/mol. The van der Waals surface area contributed by atoms with Crippen molar-refractivity contribution >= 4 is 28.9 Å². The molecule has 0 bridgehead atoms. The summed E-state index contributed by atoms with van der Waals surface area (Å²) in [6.07, 6.45) is 0. The first-order valence-corrected chi connectivity index (χ1v) is 6.50. The molecular formula is C15H15ClN2O3. The highest BCUT2D eigenvalue weighted by atomic mass is 35.5. The Kier molecular flexibility index (Phi) is 4.55. The van der Waals surface area contributed by atoms with Crippen molar-refractivity contribution in [2.45, 2.75) is 0 Å². The highest BCUT2D eigenvalue weighted by molar-refractivity contribution is 6.32. The Morgan fingerprint density at radius 1 is 1.14 bits per heavy atom. The van der Waals surface area contributed by atoms with Gasteiger partial charge in [0.1, 0.15) is 11.5 Å². The van der Waals surface area contributed by atoms with Crippen LogP contribution in [0.1, 0.15) is 10.4 Å². The van der Waals surface area contributed by atoms with Crippen LogP contribution in [0.2, 0.25) is 5.02 Å². The van der Waals surface area contributed by atoms with Crippen LogP contribution in [-0.2, 0) is 0 Å². The van der Waals surface area contributed by atoms with E-state index in [1.54, 1.807) is 36.4 Å². The van der Waals surface area contributed by atoms with Gasteiger partial charge in [-0.15, -0.1) is 0 Å². The monoisotopic (exact) mass is 306 g/mol. The molecule has 0 radical (unpaired) electrons. The summed E-state index contributed by atoms with van der Waals surface area (Å²) in [6, 6.07) is 9.81. The molecule has 2 rings (SSSR count). The molecule has 2 aromatic carbocycles. The second-order valence-electron chi connectivity index (χ2n) is 4.30. The van der Waals surface area contributed by atoms with Gasteiger partial charge in [-0.05, 0) is 30.3 Å². The predicted octanol–water partition coefficient (Wildman–Crippen LogP) is 3.19. The number of halogens is 1. The number of hydrogen-bond donors (Lipinski definition) is 2. The zero-order chi connectivity index (χ0) is 15.4. The van der Waals surface area contributed by atoms with Crippen LogP contribution in [0.4, 0.5) is 11.4 Å². The number of methoxy groups -OCH3 is 2. The van der Waals surface area contributed by atoms with Gasteiger partial charge in [0.05, 0.1) is 19.2 Å². The maximum Gasteiger partial charge on any atom is 0.255 e. The Morgan fingerprint density at radius 3 is 2.52 bits per heavy atom. The van der Waals surface area contributed by atoms with Crippen molar-refractivity contribution in [3.8, 4) is 11.5 Å². The van der Waals surface area contributed by atoms with Crippen molar-refractivity contribution in [1.82, 2.24) is 0 Å². The van der Waals surface area contributed by atoms with E-state index in [-0.39, 0.29) is 5.91 Å². The fourth-order valence-corrected chi connectivity index (χ4v) is 2.08. The van der Waals surface area contributed by atoms with Crippen LogP contribution in [0, 0.1) is 0 Å². The average Bonchev–Trinajstić information content (AvgIpc) is 2.46. The summed E-state index contributed by atoms with van der Waals surface area (Å²) in [5, 5.41) is 3.16. The first kappa shape index (κ1) is 15.0. The zero-order valence-corrected chi connectivity index (χ0v) is 12.4. The number of nitrogens with two attached hydrogens (primary N) is 1. The number of nitrogen functional groups attached to an aromatic ring is 1. The first-order valence-electron chi connectivity index (χ1n) is 6.13. The van der Waals surface area contributed by atoms with E-state index in [1.807, 2.05) is 0 Å². The predicted molar refractivity (Wildman–Crippen MR) is 83.4 cm³/mol. The maximum absolute atomic E-state index is 12.2. The van der Waals surface area contributed by atoms with E-state index in [1.165, 1.54) is 14.2 Å². The largest absolute Gasteiger partial charge is 0.497 e. The number of nitrogens with one attached hydrogen (secondary N) is 1. The van der Waals surface area contributed by atoms with Gasteiger partial charge >= 0.3 is 0 Å². The molecule has 0 unspecified atom stereocenters. The Labute approximate surface area is 127 Å². The molecule has 0 saturated carbocycles. The summed E-state index contributed by atoms with van der Waals surface area (Å²) in [7, 11) is 3.04. The fraction of sp³-hybridized carbons (Fsp3) is 0.133. The number of hydrogen-bond acceptors (Lipinski definition) is 4. The van der Waals surface area contributed by atoms with E-state index < -0.39 is 0 Å². The molecular weight excluding hydrogens is 292 g/mol. The van der Waals surface area contributed by atoms with Gasteiger partial charge in [0, 0.05) is 23.0 Å². The lowest BCUT2D eigenvalue weighted by Gasteiger charge is -2.09. The molecule has 0 aromatic heterocycles. The number of benzene rings is 2. The van der Waals surface area contributed by atoms with Gasteiger partial charge in [0.15, 0.2) is 0 Å². The van der Waals surface area contributed by atoms with Crippen molar-refractivity contribution in [2.24, 2.45) is 0 Å². The van der Waals surface area contributed by atoms with Crippen LogP contribution in [0.3, 0.4) is 0 Å². The van der Waals surface area contributed by atoms with Gasteiger partial charge in [-0.3, -0.25) is 4.79 Å². The molecule has 1 amide bonds. The molecule has 2 aromatic rings. The van der Waals surface area contributed by atoms with Gasteiger partial charge in [-0.1, -0.05) is 11.6 Å². The van der Waals surface area contributed by atoms with Crippen LogP contribution < -0.4 is 20.5 Å². The van der Waals surface area contributed by atoms with E-state index in [2.05, 4.69) is 5.32 Å². The van der Waals surface area contributed by atoms with Crippen LogP contribution in [0.25, 0.3) is 0 Å². The minimum absolute atomic E-state index is 0.304. The molecule has 3 N–H and O–H groups in total. The molecule has 0 fully saturated rings. The van der Waals surface area contributed by atoms with Crippen molar-refractivity contribution in [3.63, 3.8) is 0 Å². The maximum atomic E-state index is 12.2. The van der Waals surface area contributed by atoms with E-state index in [0.717, 1.165) is 0 Å². The van der Waals surface area contributed by atoms with Crippen LogP contribution in [-0.4, -0.2) is 20.1 Å². The van der Waals surface area contributed by atoms with Crippen molar-refractivity contribution in [3.05, 3.63) is 47.0 Å². The number of amides is 1. The van der Waals surface area contributed by atoms with Crippen molar-refractivity contribution in [2.75, 3.05) is 25.3 Å². The molecule has 0 heterocycles. The van der Waals surface area contributed by atoms with Crippen LogP contribution in [0.5, 0.6) is 11.5 Å². The highest BCUT2D eigenvalue weighted by Crippen LogP contribution is 2.27. The van der Waals surface area contributed by atoms with Gasteiger partial charge in [0.25, 0.3) is 5.91 Å². The minimum atomic E-state index is -0.304. The summed E-state index contributed by atoms with van der Waals surface area (Å²) >= 11 is 6.02. The van der Waals surface area contributed by atoms with Crippen LogP contribution >= 0.6 is 11.6 Å². The van der Waals surface area contributed by atoms with Gasteiger partial charge in [-0.2, -0.15) is 0 Å². The minimum Gasteiger partial charge on any atom is -0.497 e. The summed E-state index contributed by atoms with van der Waals surface area (Å²) in [5.74, 6) is 0.759. The molecule has 110 valence electrons. The Hall–Kier alpha value is -2.40. The van der Waals surface area contributed by atoms with Gasteiger partial charge in [-0.25, -0.2) is 0 Å². The smallest absolute Gasteiger partial charge is 0.255 e. The molecule has 0 aliphatic rings. The molecule has 6 heteroatoms. The molecule has 5 nitrogen and oxygen atoms in total. The molecule has 0 atom stereocenters. The second-order valence-corrected chi connectivity index (χ2v) is 4.71. The summed E-state index contributed by atoms with van der Waals surface area (Å²) in [4.78, 5) is 12.2. The number of carbonyl (C=O) groups excluding carboxylic acids is 1. The number of rotatable bonds is 4. The molecule has 21 heavy (non-hydrogen) atoms. The number of carbonyl (C=O) groups is 1. The molecule has 0 aliphatic heterocycles. The van der Waals surface area contributed by atoms with Crippen LogP contribution in [0.15, 0.2) is 36.4 Å². The van der Waals surface area contributed by atoms with Crippen molar-refractivity contribution < 1.29 is 14.3 Å². The highest BCUT2D eigenvalue weighted by Gasteiger charge is 2.10. The van der Waals surface area contributed by atoms with Gasteiger partial charge in [0.2, 0.25) is 0 Å². The fourth-order valence-electron chi connectivity index (χ4n) is 1.82. The van der Waals surface area contributed by atoms with Crippen molar-refractivity contribution in [1.29, 1.82) is 0 Å². The number of anilines is 2. The zero-order valence-electron chi connectivity index (χ0n) is 11.6. The Morgan fingerprint density at radius 2 is 1.90 bits per heavy atom. The SMILES string of the molecule is COc1cc(N)cc(C(=O)Nc2ccc(OC)c(Cl)c2)c1.